The highest BCUT2D eigenvalue weighted by molar-refractivity contribution is 6.42. The van der Waals surface area contributed by atoms with E-state index in [4.69, 9.17) is 27.9 Å². The Morgan fingerprint density at radius 3 is 2.65 bits per heavy atom. The molecule has 0 aliphatic heterocycles. The van der Waals surface area contributed by atoms with Gasteiger partial charge in [0.25, 0.3) is 5.56 Å². The lowest BCUT2D eigenvalue weighted by molar-refractivity contribution is 0.306. The predicted molar refractivity (Wildman–Crippen MR) is 139 cm³/mol. The van der Waals surface area contributed by atoms with Gasteiger partial charge in [-0.15, -0.1) is 0 Å². The quantitative estimate of drug-likeness (QED) is 0.276. The molecular formula is C26H22Cl2N4O2. The lowest BCUT2D eigenvalue weighted by atomic mass is 10.1. The second kappa shape index (κ2) is 9.41. The number of rotatable bonds is 7. The zero-order valence-electron chi connectivity index (χ0n) is 18.4. The predicted octanol–water partition coefficient (Wildman–Crippen LogP) is 6.38. The molecule has 0 aliphatic carbocycles. The third kappa shape index (κ3) is 4.34. The average molecular weight is 493 g/mol. The van der Waals surface area contributed by atoms with Crippen LogP contribution in [0.25, 0.3) is 33.2 Å². The highest BCUT2D eigenvalue weighted by Crippen LogP contribution is 2.32. The molecule has 0 aliphatic rings. The summed E-state index contributed by atoms with van der Waals surface area (Å²) in [5.74, 6) is 0.706. The maximum Gasteiger partial charge on any atom is 0.275 e. The summed E-state index contributed by atoms with van der Waals surface area (Å²) >= 11 is 12.3. The van der Waals surface area contributed by atoms with E-state index >= 15 is 0 Å². The lowest BCUT2D eigenvalue weighted by Crippen LogP contribution is -2.14. The molecule has 3 aromatic carbocycles. The van der Waals surface area contributed by atoms with Gasteiger partial charge in [-0.2, -0.15) is 0 Å². The van der Waals surface area contributed by atoms with Gasteiger partial charge in [0.2, 0.25) is 0 Å². The largest absolute Gasteiger partial charge is 0.489 e. The number of aromatic nitrogens is 3. The first-order valence-corrected chi connectivity index (χ1v) is 11.7. The second-order valence-electron chi connectivity index (χ2n) is 7.97. The van der Waals surface area contributed by atoms with Crippen LogP contribution < -0.4 is 15.7 Å². The summed E-state index contributed by atoms with van der Waals surface area (Å²) in [7, 11) is 0. The maximum atomic E-state index is 13.0. The van der Waals surface area contributed by atoms with Gasteiger partial charge >= 0.3 is 0 Å². The van der Waals surface area contributed by atoms with Gasteiger partial charge < -0.3 is 15.1 Å². The van der Waals surface area contributed by atoms with E-state index in [0.717, 1.165) is 29.4 Å². The highest BCUT2D eigenvalue weighted by Gasteiger charge is 2.17. The Morgan fingerprint density at radius 1 is 1.06 bits per heavy atom. The van der Waals surface area contributed by atoms with E-state index in [0.29, 0.717) is 44.7 Å². The van der Waals surface area contributed by atoms with Gasteiger partial charge in [-0.25, -0.2) is 4.98 Å². The summed E-state index contributed by atoms with van der Waals surface area (Å²) in [6, 6.07) is 19.1. The van der Waals surface area contributed by atoms with Crippen LogP contribution in [0.15, 0.2) is 71.7 Å². The lowest BCUT2D eigenvalue weighted by Gasteiger charge is -2.09. The molecule has 0 bridgehead atoms. The molecule has 6 nitrogen and oxygen atoms in total. The van der Waals surface area contributed by atoms with E-state index < -0.39 is 0 Å². The summed E-state index contributed by atoms with van der Waals surface area (Å²) in [5.41, 5.74) is 7.15. The van der Waals surface area contributed by atoms with Crippen LogP contribution in [0.5, 0.6) is 5.75 Å². The van der Waals surface area contributed by atoms with Crippen LogP contribution in [0.4, 0.5) is 0 Å². The van der Waals surface area contributed by atoms with Gasteiger partial charge in [0, 0.05) is 23.7 Å². The molecule has 2 aromatic heterocycles. The fourth-order valence-corrected chi connectivity index (χ4v) is 4.18. The van der Waals surface area contributed by atoms with Crippen molar-refractivity contribution >= 4 is 45.1 Å². The van der Waals surface area contributed by atoms with Crippen molar-refractivity contribution in [3.8, 4) is 17.0 Å². The van der Waals surface area contributed by atoms with Crippen molar-refractivity contribution in [1.29, 1.82) is 0 Å². The Labute approximate surface area is 206 Å². The fraction of sp³-hybridized carbons (Fsp3) is 0.154. The van der Waals surface area contributed by atoms with Crippen LogP contribution in [-0.2, 0) is 6.61 Å². The Bertz CT molecular complexity index is 1540. The van der Waals surface area contributed by atoms with Crippen molar-refractivity contribution in [1.82, 2.24) is 14.6 Å². The molecule has 0 fully saturated rings. The number of hydrogen-bond donors (Lipinski definition) is 2. The summed E-state index contributed by atoms with van der Waals surface area (Å²) < 4.78 is 7.97. The van der Waals surface area contributed by atoms with Gasteiger partial charge in [0.1, 0.15) is 18.1 Å². The SMILES string of the molecule is CCCNn1cc(-c2nc3cc(Cl)c(Cl)cc3[nH]c2=O)c2cc(OCc3ccccc3)ccc21. The van der Waals surface area contributed by atoms with Gasteiger partial charge in [0.15, 0.2) is 0 Å². The number of hydrogen-bond acceptors (Lipinski definition) is 4. The number of nitrogens with zero attached hydrogens (tertiary/aromatic N) is 2. The van der Waals surface area contributed by atoms with Crippen molar-refractivity contribution in [3.05, 3.63) is 92.8 Å². The molecule has 0 amide bonds. The monoisotopic (exact) mass is 492 g/mol. The van der Waals surface area contributed by atoms with Crippen LogP contribution in [0.2, 0.25) is 10.0 Å². The molecule has 8 heteroatoms. The number of benzene rings is 3. The third-order valence-electron chi connectivity index (χ3n) is 5.55. The molecule has 34 heavy (non-hydrogen) atoms. The zero-order chi connectivity index (χ0) is 23.7. The molecule has 0 saturated carbocycles. The Morgan fingerprint density at radius 2 is 1.85 bits per heavy atom. The molecule has 2 N–H and O–H groups in total. The van der Waals surface area contributed by atoms with Crippen molar-refractivity contribution in [2.45, 2.75) is 20.0 Å². The van der Waals surface area contributed by atoms with Crippen LogP contribution in [0, 0.1) is 0 Å². The second-order valence-corrected chi connectivity index (χ2v) is 8.79. The van der Waals surface area contributed by atoms with Crippen LogP contribution in [0.3, 0.4) is 0 Å². The van der Waals surface area contributed by atoms with Gasteiger partial charge in [-0.1, -0.05) is 60.5 Å². The molecule has 0 atom stereocenters. The minimum atomic E-state index is -0.309. The van der Waals surface area contributed by atoms with E-state index in [1.807, 2.05) is 59.4 Å². The number of ether oxygens (including phenoxy) is 1. The number of aromatic amines is 1. The van der Waals surface area contributed by atoms with E-state index in [2.05, 4.69) is 22.3 Å². The molecule has 172 valence electrons. The first-order chi connectivity index (χ1) is 16.5. The molecular weight excluding hydrogens is 471 g/mol. The number of fused-ring (bicyclic) bond motifs is 2. The van der Waals surface area contributed by atoms with Gasteiger partial charge in [-0.05, 0) is 42.3 Å². The molecule has 0 saturated heterocycles. The standard InChI is InChI=1S/C26H22Cl2N4O2/c1-2-10-29-32-14-19(25-26(33)31-23-13-21(28)20(27)12-22(23)30-25)18-11-17(8-9-24(18)32)34-15-16-6-4-3-5-7-16/h3-9,11-14,29H,2,10,15H2,1H3,(H,31,33). The first kappa shape index (κ1) is 22.3. The smallest absolute Gasteiger partial charge is 0.275 e. The molecule has 0 spiro atoms. The Kier molecular flexibility index (Phi) is 6.18. The van der Waals surface area contributed by atoms with Crippen molar-refractivity contribution < 1.29 is 4.74 Å². The minimum Gasteiger partial charge on any atom is -0.489 e. The van der Waals surface area contributed by atoms with Crippen molar-refractivity contribution in [2.75, 3.05) is 12.0 Å². The Balaban J connectivity index is 1.62. The van der Waals surface area contributed by atoms with E-state index in [1.165, 1.54) is 0 Å². The average Bonchev–Trinajstić information content (AvgIpc) is 3.20. The third-order valence-corrected chi connectivity index (χ3v) is 6.27. The summed E-state index contributed by atoms with van der Waals surface area (Å²) in [5, 5.41) is 1.59. The highest BCUT2D eigenvalue weighted by atomic mass is 35.5. The van der Waals surface area contributed by atoms with E-state index in [9.17, 15) is 4.79 Å². The molecule has 2 heterocycles. The summed E-state index contributed by atoms with van der Waals surface area (Å²) in [6.45, 7) is 3.33. The van der Waals surface area contributed by atoms with Crippen molar-refractivity contribution in [3.63, 3.8) is 0 Å². The molecule has 0 unspecified atom stereocenters. The molecule has 5 aromatic rings. The number of H-pyrrole nitrogens is 1. The zero-order valence-corrected chi connectivity index (χ0v) is 20.0. The van der Waals surface area contributed by atoms with Gasteiger partial charge in [-0.3, -0.25) is 9.47 Å². The number of halogens is 2. The minimum absolute atomic E-state index is 0.299. The maximum absolute atomic E-state index is 13.0. The number of nitrogens with one attached hydrogen (secondary N) is 2. The van der Waals surface area contributed by atoms with Crippen LogP contribution >= 0.6 is 23.2 Å². The fourth-order valence-electron chi connectivity index (χ4n) is 3.86. The normalized spacial score (nSPS) is 11.3. The Hall–Kier alpha value is -3.48. The van der Waals surface area contributed by atoms with Crippen molar-refractivity contribution in [2.24, 2.45) is 0 Å². The summed E-state index contributed by atoms with van der Waals surface area (Å²) in [6.07, 6.45) is 2.85. The molecule has 0 radical (unpaired) electrons. The van der Waals surface area contributed by atoms with Crippen LogP contribution in [-0.4, -0.2) is 21.2 Å². The summed E-state index contributed by atoms with van der Waals surface area (Å²) in [4.78, 5) is 20.6. The van der Waals surface area contributed by atoms with E-state index in [-0.39, 0.29) is 5.56 Å². The first-order valence-electron chi connectivity index (χ1n) is 11.0. The molecule has 5 rings (SSSR count). The van der Waals surface area contributed by atoms with E-state index in [1.54, 1.807) is 12.1 Å². The van der Waals surface area contributed by atoms with Gasteiger partial charge in [0.05, 0.1) is 26.6 Å². The van der Waals surface area contributed by atoms with Crippen LogP contribution in [0.1, 0.15) is 18.9 Å². The topological polar surface area (TPSA) is 71.9 Å².